The Morgan fingerprint density at radius 2 is 2.05 bits per heavy atom. The quantitative estimate of drug-likeness (QED) is 0.640. The number of carbonyl (C=O) groups excluding carboxylic acids is 1. The van der Waals surface area contributed by atoms with Gasteiger partial charge in [0.05, 0.1) is 5.69 Å². The SMILES string of the molecule is Cc1nc(NC(=O)CCCSc2ccccc2)sc1C. The Labute approximate surface area is 127 Å². The summed E-state index contributed by atoms with van der Waals surface area (Å²) in [6.07, 6.45) is 1.41. The summed E-state index contributed by atoms with van der Waals surface area (Å²) in [4.78, 5) is 18.5. The van der Waals surface area contributed by atoms with E-state index in [1.807, 2.05) is 32.0 Å². The van der Waals surface area contributed by atoms with E-state index in [4.69, 9.17) is 0 Å². The van der Waals surface area contributed by atoms with Crippen LogP contribution in [0.25, 0.3) is 0 Å². The van der Waals surface area contributed by atoms with Crippen LogP contribution in [0.15, 0.2) is 35.2 Å². The van der Waals surface area contributed by atoms with Crippen LogP contribution in [0.5, 0.6) is 0 Å². The minimum Gasteiger partial charge on any atom is -0.302 e. The van der Waals surface area contributed by atoms with Gasteiger partial charge >= 0.3 is 0 Å². The molecule has 0 fully saturated rings. The van der Waals surface area contributed by atoms with Crippen LogP contribution in [0.3, 0.4) is 0 Å². The standard InChI is InChI=1S/C15H18N2OS2/c1-11-12(2)20-15(16-11)17-14(18)9-6-10-19-13-7-4-3-5-8-13/h3-5,7-8H,6,9-10H2,1-2H3,(H,16,17,18). The van der Waals surface area contributed by atoms with Gasteiger partial charge in [-0.25, -0.2) is 4.98 Å². The average Bonchev–Trinajstić information content (AvgIpc) is 2.74. The van der Waals surface area contributed by atoms with Gasteiger partial charge in [0.15, 0.2) is 5.13 Å². The molecule has 0 saturated carbocycles. The van der Waals surface area contributed by atoms with Crippen LogP contribution in [0.1, 0.15) is 23.4 Å². The van der Waals surface area contributed by atoms with E-state index in [9.17, 15) is 4.79 Å². The molecular formula is C15H18N2OS2. The first-order chi connectivity index (χ1) is 9.65. The number of benzene rings is 1. The monoisotopic (exact) mass is 306 g/mol. The summed E-state index contributed by atoms with van der Waals surface area (Å²) in [5.74, 6) is 1.00. The van der Waals surface area contributed by atoms with Crippen molar-refractivity contribution < 1.29 is 4.79 Å². The molecule has 1 aromatic carbocycles. The Morgan fingerprint density at radius 1 is 1.30 bits per heavy atom. The highest BCUT2D eigenvalue weighted by Crippen LogP contribution is 2.22. The Hall–Kier alpha value is -1.33. The van der Waals surface area contributed by atoms with Crippen molar-refractivity contribution in [1.82, 2.24) is 4.98 Å². The second-order valence-electron chi connectivity index (χ2n) is 4.47. The summed E-state index contributed by atoms with van der Waals surface area (Å²) in [6.45, 7) is 3.97. The zero-order valence-corrected chi connectivity index (χ0v) is 13.3. The third-order valence-electron chi connectivity index (χ3n) is 2.83. The Kier molecular flexibility index (Phi) is 5.61. The summed E-state index contributed by atoms with van der Waals surface area (Å²) in [5, 5.41) is 3.57. The highest BCUT2D eigenvalue weighted by Gasteiger charge is 2.07. The molecule has 1 amide bonds. The van der Waals surface area contributed by atoms with Crippen molar-refractivity contribution in [1.29, 1.82) is 0 Å². The predicted octanol–water partition coefficient (Wildman–Crippen LogP) is 4.27. The second kappa shape index (κ2) is 7.45. The first-order valence-corrected chi connectivity index (χ1v) is 8.37. The van der Waals surface area contributed by atoms with Crippen LogP contribution in [-0.4, -0.2) is 16.6 Å². The summed E-state index contributed by atoms with van der Waals surface area (Å²) >= 11 is 3.31. The zero-order valence-electron chi connectivity index (χ0n) is 11.7. The lowest BCUT2D eigenvalue weighted by Crippen LogP contribution is -2.11. The summed E-state index contributed by atoms with van der Waals surface area (Å²) < 4.78 is 0. The maximum absolute atomic E-state index is 11.8. The Morgan fingerprint density at radius 3 is 2.70 bits per heavy atom. The highest BCUT2D eigenvalue weighted by molar-refractivity contribution is 7.99. The number of nitrogens with zero attached hydrogens (tertiary/aromatic N) is 1. The number of aromatic nitrogens is 1. The maximum Gasteiger partial charge on any atom is 0.226 e. The smallest absolute Gasteiger partial charge is 0.226 e. The normalized spacial score (nSPS) is 10.5. The van der Waals surface area contributed by atoms with E-state index in [2.05, 4.69) is 22.4 Å². The number of aryl methyl sites for hydroxylation is 2. The maximum atomic E-state index is 11.8. The first kappa shape index (κ1) is 15.1. The molecule has 0 saturated heterocycles. The van der Waals surface area contributed by atoms with Crippen molar-refractivity contribution in [2.24, 2.45) is 0 Å². The minimum absolute atomic E-state index is 0.0485. The van der Waals surface area contributed by atoms with Crippen molar-refractivity contribution in [3.8, 4) is 0 Å². The van der Waals surface area contributed by atoms with Crippen molar-refractivity contribution in [3.05, 3.63) is 40.9 Å². The molecule has 2 aromatic rings. The van der Waals surface area contributed by atoms with Gasteiger partial charge in [0, 0.05) is 16.2 Å². The van der Waals surface area contributed by atoms with Crippen LogP contribution in [-0.2, 0) is 4.79 Å². The Bertz CT molecular complexity index is 547. The van der Waals surface area contributed by atoms with Gasteiger partial charge < -0.3 is 5.32 Å². The second-order valence-corrected chi connectivity index (χ2v) is 6.85. The lowest BCUT2D eigenvalue weighted by molar-refractivity contribution is -0.116. The van der Waals surface area contributed by atoms with Gasteiger partial charge in [0.25, 0.3) is 0 Å². The third kappa shape index (κ3) is 4.65. The fraction of sp³-hybridized carbons (Fsp3) is 0.333. The number of nitrogens with one attached hydrogen (secondary N) is 1. The predicted molar refractivity (Wildman–Crippen MR) is 86.6 cm³/mol. The molecule has 2 rings (SSSR count). The number of thioether (sulfide) groups is 1. The van der Waals surface area contributed by atoms with E-state index < -0.39 is 0 Å². The van der Waals surface area contributed by atoms with Crippen LogP contribution >= 0.6 is 23.1 Å². The molecule has 1 heterocycles. The molecule has 20 heavy (non-hydrogen) atoms. The summed E-state index contributed by atoms with van der Waals surface area (Å²) in [5.41, 5.74) is 0.991. The van der Waals surface area contributed by atoms with Gasteiger partial charge in [-0.3, -0.25) is 4.79 Å². The van der Waals surface area contributed by atoms with Crippen LogP contribution < -0.4 is 5.32 Å². The average molecular weight is 306 g/mol. The van der Waals surface area contributed by atoms with E-state index in [1.165, 1.54) is 16.2 Å². The van der Waals surface area contributed by atoms with E-state index in [0.717, 1.165) is 22.7 Å². The molecule has 0 aliphatic rings. The number of amides is 1. The molecule has 5 heteroatoms. The van der Waals surface area contributed by atoms with Gasteiger partial charge in [-0.05, 0) is 38.2 Å². The Balaban J connectivity index is 1.68. The molecule has 0 aliphatic heterocycles. The summed E-state index contributed by atoms with van der Waals surface area (Å²) in [6, 6.07) is 10.2. The lowest BCUT2D eigenvalue weighted by Gasteiger charge is -2.02. The van der Waals surface area contributed by atoms with Crippen molar-refractivity contribution in [2.75, 3.05) is 11.1 Å². The van der Waals surface area contributed by atoms with E-state index in [1.54, 1.807) is 11.8 Å². The van der Waals surface area contributed by atoms with Gasteiger partial charge in [0.1, 0.15) is 0 Å². The largest absolute Gasteiger partial charge is 0.302 e. The van der Waals surface area contributed by atoms with E-state index in [-0.39, 0.29) is 5.91 Å². The lowest BCUT2D eigenvalue weighted by atomic mass is 10.3. The van der Waals surface area contributed by atoms with E-state index >= 15 is 0 Å². The molecule has 0 aliphatic carbocycles. The first-order valence-electron chi connectivity index (χ1n) is 6.57. The van der Waals surface area contributed by atoms with Crippen molar-refractivity contribution in [2.45, 2.75) is 31.6 Å². The zero-order chi connectivity index (χ0) is 14.4. The molecule has 0 unspecified atom stereocenters. The van der Waals surface area contributed by atoms with Gasteiger partial charge in [-0.1, -0.05) is 18.2 Å². The number of hydrogen-bond acceptors (Lipinski definition) is 4. The summed E-state index contributed by atoms with van der Waals surface area (Å²) in [7, 11) is 0. The van der Waals surface area contributed by atoms with Gasteiger partial charge in [-0.15, -0.1) is 23.1 Å². The fourth-order valence-corrected chi connectivity index (χ4v) is 3.35. The molecule has 106 valence electrons. The van der Waals surface area contributed by atoms with Crippen LogP contribution in [0.2, 0.25) is 0 Å². The van der Waals surface area contributed by atoms with Crippen LogP contribution in [0, 0.1) is 13.8 Å². The van der Waals surface area contributed by atoms with E-state index in [0.29, 0.717) is 11.6 Å². The topological polar surface area (TPSA) is 42.0 Å². The van der Waals surface area contributed by atoms with Crippen LogP contribution in [0.4, 0.5) is 5.13 Å². The fourth-order valence-electron chi connectivity index (χ4n) is 1.65. The minimum atomic E-state index is 0.0485. The molecule has 0 atom stereocenters. The molecule has 0 spiro atoms. The molecule has 1 aromatic heterocycles. The number of rotatable bonds is 6. The number of hydrogen-bond donors (Lipinski definition) is 1. The molecule has 0 radical (unpaired) electrons. The van der Waals surface area contributed by atoms with Crippen molar-refractivity contribution >= 4 is 34.1 Å². The van der Waals surface area contributed by atoms with Gasteiger partial charge in [0.2, 0.25) is 5.91 Å². The molecular weight excluding hydrogens is 288 g/mol. The number of thiazole rings is 1. The molecule has 3 nitrogen and oxygen atoms in total. The number of carbonyl (C=O) groups is 1. The van der Waals surface area contributed by atoms with Gasteiger partial charge in [-0.2, -0.15) is 0 Å². The number of anilines is 1. The molecule has 0 bridgehead atoms. The van der Waals surface area contributed by atoms with Crippen molar-refractivity contribution in [3.63, 3.8) is 0 Å². The highest BCUT2D eigenvalue weighted by atomic mass is 32.2. The molecule has 1 N–H and O–H groups in total. The third-order valence-corrected chi connectivity index (χ3v) is 4.92.